The molecule has 10 nitrogen and oxygen atoms in total. The van der Waals surface area contributed by atoms with Crippen molar-refractivity contribution in [1.82, 2.24) is 9.97 Å². The zero-order valence-electron chi connectivity index (χ0n) is 13.9. The number of H-pyrrole nitrogens is 1. The summed E-state index contributed by atoms with van der Waals surface area (Å²) >= 11 is 0. The first-order valence-electron chi connectivity index (χ1n) is 7.46. The van der Waals surface area contributed by atoms with Crippen LogP contribution in [0, 0.1) is 0 Å². The minimum atomic E-state index is -0.991. The van der Waals surface area contributed by atoms with Gasteiger partial charge in [-0.05, 0) is 0 Å². The highest BCUT2D eigenvalue weighted by Gasteiger charge is 2.50. The molecule has 4 atom stereocenters. The van der Waals surface area contributed by atoms with Gasteiger partial charge >= 0.3 is 23.6 Å². The maximum Gasteiger partial charge on any atom is 0.344 e. The molecule has 1 unspecified atom stereocenters. The van der Waals surface area contributed by atoms with Gasteiger partial charge in [-0.1, -0.05) is 0 Å². The van der Waals surface area contributed by atoms with Crippen LogP contribution in [-0.4, -0.2) is 52.8 Å². The van der Waals surface area contributed by atoms with Crippen LogP contribution >= 0.6 is 0 Å². The molecule has 0 amide bonds. The van der Waals surface area contributed by atoms with Gasteiger partial charge in [0.15, 0.2) is 12.2 Å². The lowest BCUT2D eigenvalue weighted by atomic mass is 10.0. The third-order valence-electron chi connectivity index (χ3n) is 3.39. The molecule has 1 N–H and O–H groups in total. The largest absolute Gasteiger partial charge is 0.463 e. The Kier molecular flexibility index (Phi) is 5.86. The summed E-state index contributed by atoms with van der Waals surface area (Å²) in [6.07, 6.45) is -1.08. The van der Waals surface area contributed by atoms with E-state index in [9.17, 15) is 19.2 Å². The molecule has 0 spiro atoms. The maximum absolute atomic E-state index is 11.5. The molecular weight excluding hydrogens is 336 g/mol. The van der Waals surface area contributed by atoms with E-state index < -0.39 is 48.0 Å². The highest BCUT2D eigenvalue weighted by molar-refractivity contribution is 5.68. The number of nitrogens with zero attached hydrogens (tertiary/aromatic N) is 1. The summed E-state index contributed by atoms with van der Waals surface area (Å²) < 4.78 is 21.2. The number of ether oxygens (including phenoxy) is 4. The van der Waals surface area contributed by atoms with Crippen LogP contribution in [-0.2, 0) is 33.3 Å². The first-order chi connectivity index (χ1) is 11.8. The molecule has 0 radical (unpaired) electrons. The van der Waals surface area contributed by atoms with Gasteiger partial charge in [0.1, 0.15) is 18.8 Å². The van der Waals surface area contributed by atoms with Gasteiger partial charge < -0.3 is 23.9 Å². The molecule has 0 aromatic carbocycles. The lowest BCUT2D eigenvalue weighted by Crippen LogP contribution is -2.40. The number of nitrogens with one attached hydrogen (secondary N) is 1. The van der Waals surface area contributed by atoms with Crippen LogP contribution in [0.5, 0.6) is 0 Å². The third-order valence-corrected chi connectivity index (χ3v) is 3.39. The fraction of sp³-hybridized carbons (Fsp3) is 0.533. The SMILES string of the molecule is CC(=O)OC[C@H]1OC(c2cnc(=O)[nH]c2)[C@@H](OC(C)=O)[C@@H]1OC(C)=O. The molecule has 1 aliphatic rings. The van der Waals surface area contributed by atoms with Crippen molar-refractivity contribution in [2.45, 2.75) is 45.2 Å². The van der Waals surface area contributed by atoms with Crippen LogP contribution in [0.2, 0.25) is 0 Å². The Labute approximate surface area is 142 Å². The van der Waals surface area contributed by atoms with E-state index in [0.717, 1.165) is 0 Å². The number of carbonyl (C=O) groups is 3. The van der Waals surface area contributed by atoms with Gasteiger partial charge in [-0.15, -0.1) is 0 Å². The summed E-state index contributed by atoms with van der Waals surface area (Å²) in [5.41, 5.74) is -0.146. The summed E-state index contributed by atoms with van der Waals surface area (Å²) in [4.78, 5) is 51.0. The smallest absolute Gasteiger partial charge is 0.344 e. The number of aromatic amines is 1. The van der Waals surface area contributed by atoms with Gasteiger partial charge in [-0.3, -0.25) is 14.4 Å². The summed E-state index contributed by atoms with van der Waals surface area (Å²) in [6.45, 7) is 3.43. The van der Waals surface area contributed by atoms with Gasteiger partial charge in [-0.2, -0.15) is 0 Å². The van der Waals surface area contributed by atoms with Crippen LogP contribution in [0.4, 0.5) is 0 Å². The van der Waals surface area contributed by atoms with E-state index in [1.165, 1.54) is 33.2 Å². The van der Waals surface area contributed by atoms with Gasteiger partial charge in [0.05, 0.1) is 0 Å². The first-order valence-corrected chi connectivity index (χ1v) is 7.46. The van der Waals surface area contributed by atoms with Crippen molar-refractivity contribution >= 4 is 17.9 Å². The lowest BCUT2D eigenvalue weighted by Gasteiger charge is -2.23. The third kappa shape index (κ3) is 4.86. The molecule has 2 heterocycles. The van der Waals surface area contributed by atoms with Crippen LogP contribution < -0.4 is 5.69 Å². The van der Waals surface area contributed by atoms with Crippen LogP contribution in [0.1, 0.15) is 32.4 Å². The predicted molar refractivity (Wildman–Crippen MR) is 80.2 cm³/mol. The molecule has 1 aromatic heterocycles. The topological polar surface area (TPSA) is 134 Å². The Balaban J connectivity index is 2.33. The zero-order valence-corrected chi connectivity index (χ0v) is 13.9. The van der Waals surface area contributed by atoms with Crippen molar-refractivity contribution in [3.05, 3.63) is 28.4 Å². The summed E-state index contributed by atoms with van der Waals surface area (Å²) in [5.74, 6) is -1.76. The Morgan fingerprint density at radius 3 is 2.28 bits per heavy atom. The Hall–Kier alpha value is -2.75. The van der Waals surface area contributed by atoms with Crippen molar-refractivity contribution in [3.8, 4) is 0 Å². The maximum atomic E-state index is 11.5. The van der Waals surface area contributed by atoms with Gasteiger partial charge in [0, 0.05) is 38.7 Å². The molecule has 10 heteroatoms. The molecule has 1 saturated heterocycles. The van der Waals surface area contributed by atoms with E-state index in [0.29, 0.717) is 5.56 Å². The van der Waals surface area contributed by atoms with Crippen molar-refractivity contribution in [3.63, 3.8) is 0 Å². The molecule has 1 fully saturated rings. The first kappa shape index (κ1) is 18.6. The van der Waals surface area contributed by atoms with Crippen LogP contribution in [0.15, 0.2) is 17.2 Å². The van der Waals surface area contributed by atoms with Gasteiger partial charge in [0.2, 0.25) is 0 Å². The van der Waals surface area contributed by atoms with E-state index in [-0.39, 0.29) is 6.61 Å². The molecule has 0 bridgehead atoms. The number of carbonyl (C=O) groups excluding carboxylic acids is 3. The van der Waals surface area contributed by atoms with Crippen LogP contribution in [0.25, 0.3) is 0 Å². The number of hydrogen-bond acceptors (Lipinski definition) is 9. The minimum Gasteiger partial charge on any atom is -0.463 e. The van der Waals surface area contributed by atoms with Crippen molar-refractivity contribution < 1.29 is 33.3 Å². The van der Waals surface area contributed by atoms with E-state index in [2.05, 4.69) is 9.97 Å². The molecule has 25 heavy (non-hydrogen) atoms. The van der Waals surface area contributed by atoms with Crippen molar-refractivity contribution in [2.24, 2.45) is 0 Å². The summed E-state index contributed by atoms with van der Waals surface area (Å²) in [5, 5.41) is 0. The van der Waals surface area contributed by atoms with Crippen molar-refractivity contribution in [1.29, 1.82) is 0 Å². The summed E-state index contributed by atoms with van der Waals surface area (Å²) in [7, 11) is 0. The highest BCUT2D eigenvalue weighted by atomic mass is 16.6. The molecule has 1 aromatic rings. The average molecular weight is 354 g/mol. The molecule has 2 rings (SSSR count). The van der Waals surface area contributed by atoms with Crippen LogP contribution in [0.3, 0.4) is 0 Å². The zero-order chi connectivity index (χ0) is 18.6. The Morgan fingerprint density at radius 2 is 1.76 bits per heavy atom. The van der Waals surface area contributed by atoms with E-state index in [4.69, 9.17) is 18.9 Å². The normalized spacial score (nSPS) is 25.2. The second-order valence-electron chi connectivity index (χ2n) is 5.40. The molecule has 0 aliphatic carbocycles. The number of aromatic nitrogens is 2. The molecule has 136 valence electrons. The lowest BCUT2D eigenvalue weighted by molar-refractivity contribution is -0.165. The van der Waals surface area contributed by atoms with Crippen molar-refractivity contribution in [2.75, 3.05) is 6.61 Å². The number of rotatable bonds is 5. The highest BCUT2D eigenvalue weighted by Crippen LogP contribution is 2.37. The van der Waals surface area contributed by atoms with E-state index >= 15 is 0 Å². The Morgan fingerprint density at radius 1 is 1.12 bits per heavy atom. The number of hydrogen-bond donors (Lipinski definition) is 1. The van der Waals surface area contributed by atoms with E-state index in [1.54, 1.807) is 0 Å². The molecule has 1 aliphatic heterocycles. The van der Waals surface area contributed by atoms with E-state index in [1.807, 2.05) is 0 Å². The standard InChI is InChI=1S/C15H18N2O8/c1-7(18)22-6-11-13(23-8(2)19)14(24-9(3)20)12(25-11)10-4-16-15(21)17-5-10/h4-5,11-14H,6H2,1-3H3,(H,16,17,21)/t11-,12?,13-,14-/m1/s1. The second kappa shape index (κ2) is 7.88. The summed E-state index contributed by atoms with van der Waals surface area (Å²) in [6, 6.07) is 0. The Bertz CT molecular complexity index is 695. The minimum absolute atomic E-state index is 0.196. The van der Waals surface area contributed by atoms with Gasteiger partial charge in [0.25, 0.3) is 0 Å². The molecule has 0 saturated carbocycles. The average Bonchev–Trinajstić information content (AvgIpc) is 2.83. The second-order valence-corrected chi connectivity index (χ2v) is 5.40. The van der Waals surface area contributed by atoms with Gasteiger partial charge in [-0.25, -0.2) is 9.78 Å². The fourth-order valence-electron chi connectivity index (χ4n) is 2.49. The monoisotopic (exact) mass is 354 g/mol. The quantitative estimate of drug-likeness (QED) is 0.555. The predicted octanol–water partition coefficient (Wildman–Crippen LogP) is -0.364. The number of esters is 3. The molecular formula is C15H18N2O8. The fourth-order valence-corrected chi connectivity index (χ4v) is 2.49.